The number of benzene rings is 2. The van der Waals surface area contributed by atoms with Gasteiger partial charge in [0.05, 0.1) is 53.4 Å². The third kappa shape index (κ3) is 5.57. The van der Waals surface area contributed by atoms with Gasteiger partial charge < -0.3 is 16.1 Å². The summed E-state index contributed by atoms with van der Waals surface area (Å²) in [4.78, 5) is 8.22. The maximum atomic E-state index is 13.8. The van der Waals surface area contributed by atoms with Gasteiger partial charge in [-0.1, -0.05) is 48.0 Å². The minimum absolute atomic E-state index is 0.155. The van der Waals surface area contributed by atoms with Crippen LogP contribution in [0.5, 0.6) is 0 Å². The first kappa shape index (κ1) is 25.1. The van der Waals surface area contributed by atoms with Crippen LogP contribution in [0.15, 0.2) is 78.9 Å². The van der Waals surface area contributed by atoms with E-state index in [1.165, 1.54) is 24.5 Å². The molecule has 4 aromatic rings. The fourth-order valence-corrected chi connectivity index (χ4v) is 5.01. The Kier molecular flexibility index (Phi) is 6.92. The van der Waals surface area contributed by atoms with Gasteiger partial charge in [0.1, 0.15) is 6.07 Å². The highest BCUT2D eigenvalue weighted by Crippen LogP contribution is 2.38. The first-order valence-corrected chi connectivity index (χ1v) is 13.4. The molecule has 2 aromatic heterocycles. The van der Waals surface area contributed by atoms with Gasteiger partial charge in [-0.15, -0.1) is 5.53 Å². The SMILES string of the molecule is [2H][C@](Nc1cc(Cl)c2ncc(C#N)c(N[C@H](CC#N)c3ccccc3)c2c1)(C1=CN(C2CC2)NN1)c1ccc(F)nc1. The maximum Gasteiger partial charge on any atom is 0.212 e. The van der Waals surface area contributed by atoms with Crippen molar-refractivity contribution in [2.45, 2.75) is 37.4 Å². The highest BCUT2D eigenvalue weighted by Gasteiger charge is 2.32. The second-order valence-electron chi connectivity index (χ2n) is 9.77. The first-order chi connectivity index (χ1) is 20.4. The number of aromatic nitrogens is 2. The smallest absolute Gasteiger partial charge is 0.212 e. The second kappa shape index (κ2) is 11.3. The number of pyridine rings is 2. The predicted molar refractivity (Wildman–Crippen MR) is 154 cm³/mol. The monoisotopic (exact) mass is 566 g/mol. The molecular weight excluding hydrogens is 541 g/mol. The van der Waals surface area contributed by atoms with E-state index in [0.29, 0.717) is 44.6 Å². The molecular formula is C30H25ClFN9. The lowest BCUT2D eigenvalue weighted by Crippen LogP contribution is -2.38. The highest BCUT2D eigenvalue weighted by molar-refractivity contribution is 6.35. The van der Waals surface area contributed by atoms with Gasteiger partial charge in [-0.25, -0.2) is 4.98 Å². The van der Waals surface area contributed by atoms with Gasteiger partial charge in [0.2, 0.25) is 5.95 Å². The van der Waals surface area contributed by atoms with Crippen LogP contribution in [0.4, 0.5) is 15.8 Å². The van der Waals surface area contributed by atoms with E-state index in [1.807, 2.05) is 41.5 Å². The number of nitriles is 2. The highest BCUT2D eigenvalue weighted by atomic mass is 35.5. The fraction of sp³-hybridized carbons (Fsp3) is 0.200. The molecule has 41 heavy (non-hydrogen) atoms. The number of hydrogen-bond donors (Lipinski definition) is 4. The minimum Gasteiger partial charge on any atom is -0.376 e. The van der Waals surface area contributed by atoms with E-state index in [1.54, 1.807) is 12.1 Å². The molecule has 3 heterocycles. The van der Waals surface area contributed by atoms with Crippen LogP contribution in [0.1, 0.15) is 49.4 Å². The maximum absolute atomic E-state index is 13.8. The summed E-state index contributed by atoms with van der Waals surface area (Å²) >= 11 is 6.73. The summed E-state index contributed by atoms with van der Waals surface area (Å²) < 4.78 is 23.3. The molecule has 6 rings (SSSR count). The number of nitrogens with one attached hydrogen (secondary N) is 4. The van der Waals surface area contributed by atoms with Gasteiger partial charge in [0.15, 0.2) is 0 Å². The van der Waals surface area contributed by atoms with E-state index >= 15 is 0 Å². The average molecular weight is 567 g/mol. The van der Waals surface area contributed by atoms with Gasteiger partial charge in [-0.05, 0) is 42.2 Å². The van der Waals surface area contributed by atoms with E-state index in [-0.39, 0.29) is 12.0 Å². The molecule has 1 aliphatic carbocycles. The summed E-state index contributed by atoms with van der Waals surface area (Å²) in [6.07, 6.45) is 6.81. The van der Waals surface area contributed by atoms with Gasteiger partial charge in [-0.3, -0.25) is 9.99 Å². The zero-order chi connectivity index (χ0) is 29.3. The van der Waals surface area contributed by atoms with Crippen molar-refractivity contribution in [2.24, 2.45) is 0 Å². The standard InChI is InChI=1S/C30H25ClFN9/c31-24-13-21(37-29(19-6-9-27(32)35-15-19)26-17-41(40-39-26)22-7-8-22)12-23-28(20(14-34)16-36-30(23)24)38-25(10-11-33)18-4-2-1-3-5-18/h1-6,9,12-13,15-17,22,25,29,37,39-40H,7-8,10H2,(H,36,38)/t25-,29-/m1/s1/i29D. The van der Waals surface area contributed by atoms with Crippen LogP contribution >= 0.6 is 11.6 Å². The number of nitrogens with zero attached hydrogens (tertiary/aromatic N) is 5. The molecule has 11 heteroatoms. The van der Waals surface area contributed by atoms with Crippen LogP contribution in [-0.2, 0) is 0 Å². The number of hydrogen-bond acceptors (Lipinski definition) is 9. The van der Waals surface area contributed by atoms with Crippen LogP contribution in [-0.4, -0.2) is 21.0 Å². The van der Waals surface area contributed by atoms with Crippen LogP contribution < -0.4 is 21.6 Å². The molecule has 0 bridgehead atoms. The molecule has 2 atom stereocenters. The lowest BCUT2D eigenvalue weighted by molar-refractivity contribution is 0.260. The summed E-state index contributed by atoms with van der Waals surface area (Å²) in [5.41, 5.74) is 9.55. The topological polar surface area (TPSA) is 125 Å². The molecule has 0 saturated heterocycles. The third-order valence-corrected chi connectivity index (χ3v) is 7.23. The summed E-state index contributed by atoms with van der Waals surface area (Å²) in [6.45, 7) is 0. The molecule has 4 N–H and O–H groups in total. The fourth-order valence-electron chi connectivity index (χ4n) is 4.74. The van der Waals surface area contributed by atoms with Crippen LogP contribution in [0.2, 0.25) is 5.02 Å². The molecule has 0 unspecified atom stereocenters. The third-order valence-electron chi connectivity index (χ3n) is 6.94. The first-order valence-electron chi connectivity index (χ1n) is 13.5. The van der Waals surface area contributed by atoms with E-state index in [4.69, 9.17) is 11.6 Å². The van der Waals surface area contributed by atoms with Crippen LogP contribution in [0.3, 0.4) is 0 Å². The molecule has 2 aromatic carbocycles. The Balaban J connectivity index is 1.45. The predicted octanol–water partition coefficient (Wildman–Crippen LogP) is 5.84. The van der Waals surface area contributed by atoms with Crippen molar-refractivity contribution in [3.63, 3.8) is 0 Å². The number of fused-ring (bicyclic) bond motifs is 1. The van der Waals surface area contributed by atoms with Crippen LogP contribution in [0, 0.1) is 28.6 Å². The Labute approximate surface area is 242 Å². The summed E-state index contributed by atoms with van der Waals surface area (Å²) in [6, 6.07) is 18.3. The molecule has 1 saturated carbocycles. The quantitative estimate of drug-likeness (QED) is 0.185. The Morgan fingerprint density at radius 2 is 1.93 bits per heavy atom. The molecule has 0 spiro atoms. The second-order valence-corrected chi connectivity index (χ2v) is 10.2. The number of rotatable bonds is 9. The largest absolute Gasteiger partial charge is 0.376 e. The molecule has 0 radical (unpaired) electrons. The normalized spacial score (nSPS) is 16.9. The van der Waals surface area contributed by atoms with Gasteiger partial charge in [-0.2, -0.15) is 14.9 Å². The Bertz CT molecular complexity index is 1750. The summed E-state index contributed by atoms with van der Waals surface area (Å²) in [7, 11) is 0. The lowest BCUT2D eigenvalue weighted by Gasteiger charge is -2.23. The van der Waals surface area contributed by atoms with Crippen molar-refractivity contribution in [1.29, 1.82) is 10.5 Å². The van der Waals surface area contributed by atoms with Gasteiger partial charge in [0.25, 0.3) is 0 Å². The average Bonchev–Trinajstić information content (AvgIpc) is 3.73. The molecule has 204 valence electrons. The number of halogens is 2. The van der Waals surface area contributed by atoms with Crippen molar-refractivity contribution in [2.75, 3.05) is 10.6 Å². The van der Waals surface area contributed by atoms with Gasteiger partial charge in [0, 0.05) is 35.7 Å². The van der Waals surface area contributed by atoms with E-state index < -0.39 is 18.0 Å². The molecule has 9 nitrogen and oxygen atoms in total. The van der Waals surface area contributed by atoms with Crippen molar-refractivity contribution >= 4 is 33.9 Å². The van der Waals surface area contributed by atoms with Crippen LogP contribution in [0.25, 0.3) is 10.9 Å². The molecule has 1 fully saturated rings. The Morgan fingerprint density at radius 3 is 2.63 bits per heavy atom. The zero-order valence-electron chi connectivity index (χ0n) is 22.7. The molecule has 0 amide bonds. The van der Waals surface area contributed by atoms with Crippen molar-refractivity contribution < 1.29 is 5.76 Å². The summed E-state index contributed by atoms with van der Waals surface area (Å²) in [5.74, 6) is -0.655. The van der Waals surface area contributed by atoms with E-state index in [9.17, 15) is 16.3 Å². The van der Waals surface area contributed by atoms with Gasteiger partial charge >= 0.3 is 0 Å². The Hall–Kier alpha value is -4.90. The minimum atomic E-state index is -1.63. The molecule has 2 aliphatic rings. The van der Waals surface area contributed by atoms with Crippen molar-refractivity contribution in [1.82, 2.24) is 25.9 Å². The Morgan fingerprint density at radius 1 is 1.10 bits per heavy atom. The van der Waals surface area contributed by atoms with Crippen molar-refractivity contribution in [3.05, 3.63) is 107 Å². The van der Waals surface area contributed by atoms with E-state index in [2.05, 4.69) is 43.7 Å². The number of anilines is 2. The zero-order valence-corrected chi connectivity index (χ0v) is 22.5. The molecule has 1 aliphatic heterocycles. The van der Waals surface area contributed by atoms with Crippen molar-refractivity contribution in [3.8, 4) is 12.1 Å². The number of hydrazine groups is 2. The lowest BCUT2D eigenvalue weighted by atomic mass is 10.0. The summed E-state index contributed by atoms with van der Waals surface area (Å²) in [5, 5.41) is 28.9. The van der Waals surface area contributed by atoms with E-state index in [0.717, 1.165) is 18.4 Å².